The number of aryl methyl sites for hydroxylation is 2. The van der Waals surface area contributed by atoms with Crippen molar-refractivity contribution < 1.29 is 14.3 Å². The molecule has 0 bridgehead atoms. The normalized spacial score (nSPS) is 19.8. The largest absolute Gasteiger partial charge is 0.463 e. The zero-order chi connectivity index (χ0) is 18.8. The summed E-state index contributed by atoms with van der Waals surface area (Å²) >= 11 is 0. The number of anilines is 2. The average molecular weight is 352 g/mol. The first kappa shape index (κ1) is 18.0. The standard InChI is InChI=1S/C21H24N2O3/c1-5-26-21(25)19-22(17-10-6-8-14(2)12-17)16(4)20(24)23(19)18-11-7-9-15(3)13-18/h6-13,16,19H,5H2,1-4H3. The van der Waals surface area contributed by atoms with E-state index in [0.717, 1.165) is 16.8 Å². The van der Waals surface area contributed by atoms with Crippen LogP contribution in [0.1, 0.15) is 25.0 Å². The summed E-state index contributed by atoms with van der Waals surface area (Å²) in [5.41, 5.74) is 3.63. The highest BCUT2D eigenvalue weighted by molar-refractivity contribution is 6.09. The summed E-state index contributed by atoms with van der Waals surface area (Å²) in [7, 11) is 0. The van der Waals surface area contributed by atoms with Gasteiger partial charge in [0.05, 0.1) is 6.61 Å². The van der Waals surface area contributed by atoms with Crippen LogP contribution in [0, 0.1) is 13.8 Å². The van der Waals surface area contributed by atoms with E-state index in [4.69, 9.17) is 4.74 Å². The van der Waals surface area contributed by atoms with Crippen LogP contribution in [-0.2, 0) is 14.3 Å². The first-order valence-corrected chi connectivity index (χ1v) is 8.85. The molecule has 1 amide bonds. The zero-order valence-corrected chi connectivity index (χ0v) is 15.6. The van der Waals surface area contributed by atoms with Gasteiger partial charge in [-0.15, -0.1) is 0 Å². The van der Waals surface area contributed by atoms with Gasteiger partial charge in [0.15, 0.2) is 0 Å². The highest BCUT2D eigenvalue weighted by Crippen LogP contribution is 2.34. The van der Waals surface area contributed by atoms with E-state index in [2.05, 4.69) is 0 Å². The summed E-state index contributed by atoms with van der Waals surface area (Å²) in [6, 6.07) is 15.0. The zero-order valence-electron chi connectivity index (χ0n) is 15.6. The Morgan fingerprint density at radius 2 is 1.62 bits per heavy atom. The van der Waals surface area contributed by atoms with Crippen molar-refractivity contribution in [3.05, 3.63) is 59.7 Å². The maximum Gasteiger partial charge on any atom is 0.350 e. The minimum atomic E-state index is -0.818. The molecular formula is C21H24N2O3. The maximum atomic E-state index is 13.1. The SMILES string of the molecule is CCOC(=O)C1N(c2cccc(C)c2)C(=O)C(C)N1c1cccc(C)c1. The van der Waals surface area contributed by atoms with Crippen LogP contribution in [0.4, 0.5) is 11.4 Å². The number of ether oxygens (including phenoxy) is 1. The fourth-order valence-electron chi connectivity index (χ4n) is 3.41. The lowest BCUT2D eigenvalue weighted by molar-refractivity contribution is -0.144. The first-order valence-electron chi connectivity index (χ1n) is 8.85. The molecule has 1 heterocycles. The molecule has 3 rings (SSSR count). The van der Waals surface area contributed by atoms with Crippen LogP contribution in [-0.4, -0.2) is 30.7 Å². The van der Waals surface area contributed by atoms with Crippen molar-refractivity contribution in [2.24, 2.45) is 0 Å². The molecular weight excluding hydrogens is 328 g/mol. The predicted molar refractivity (Wildman–Crippen MR) is 102 cm³/mol. The molecule has 1 saturated heterocycles. The first-order chi connectivity index (χ1) is 12.4. The van der Waals surface area contributed by atoms with Gasteiger partial charge in [-0.1, -0.05) is 24.3 Å². The third kappa shape index (κ3) is 3.17. The van der Waals surface area contributed by atoms with Crippen LogP contribution < -0.4 is 9.80 Å². The minimum absolute atomic E-state index is 0.116. The molecule has 5 nitrogen and oxygen atoms in total. The number of hydrogen-bond acceptors (Lipinski definition) is 4. The van der Waals surface area contributed by atoms with Crippen LogP contribution in [0.2, 0.25) is 0 Å². The van der Waals surface area contributed by atoms with Gasteiger partial charge in [0.25, 0.3) is 5.91 Å². The van der Waals surface area contributed by atoms with Gasteiger partial charge in [0, 0.05) is 11.4 Å². The summed E-state index contributed by atoms with van der Waals surface area (Å²) < 4.78 is 5.31. The van der Waals surface area contributed by atoms with Gasteiger partial charge in [-0.2, -0.15) is 0 Å². The number of rotatable bonds is 4. The van der Waals surface area contributed by atoms with Gasteiger partial charge in [-0.25, -0.2) is 4.79 Å². The highest BCUT2D eigenvalue weighted by Gasteiger charge is 2.49. The summed E-state index contributed by atoms with van der Waals surface area (Å²) in [5.74, 6) is -0.539. The van der Waals surface area contributed by atoms with Crippen LogP contribution >= 0.6 is 0 Å². The number of amides is 1. The van der Waals surface area contributed by atoms with Gasteiger partial charge in [-0.3, -0.25) is 9.69 Å². The molecule has 1 aliphatic heterocycles. The minimum Gasteiger partial charge on any atom is -0.463 e. The van der Waals surface area contributed by atoms with Crippen LogP contribution in [0.15, 0.2) is 48.5 Å². The lowest BCUT2D eigenvalue weighted by Crippen LogP contribution is -2.47. The van der Waals surface area contributed by atoms with E-state index in [1.54, 1.807) is 11.8 Å². The smallest absolute Gasteiger partial charge is 0.350 e. The second-order valence-corrected chi connectivity index (χ2v) is 6.60. The summed E-state index contributed by atoms with van der Waals surface area (Å²) in [5, 5.41) is 0. The molecule has 0 aromatic heterocycles. The predicted octanol–water partition coefficient (Wildman–Crippen LogP) is 3.43. The fourth-order valence-corrected chi connectivity index (χ4v) is 3.41. The van der Waals surface area contributed by atoms with Gasteiger partial charge < -0.3 is 9.64 Å². The van der Waals surface area contributed by atoms with Crippen molar-refractivity contribution in [3.63, 3.8) is 0 Å². The van der Waals surface area contributed by atoms with Gasteiger partial charge >= 0.3 is 5.97 Å². The van der Waals surface area contributed by atoms with E-state index in [1.807, 2.05) is 74.2 Å². The van der Waals surface area contributed by atoms with Crippen molar-refractivity contribution in [1.29, 1.82) is 0 Å². The van der Waals surface area contributed by atoms with E-state index < -0.39 is 18.2 Å². The molecule has 0 spiro atoms. The molecule has 0 radical (unpaired) electrons. The third-order valence-corrected chi connectivity index (χ3v) is 4.60. The van der Waals surface area contributed by atoms with Gasteiger partial charge in [0.1, 0.15) is 6.04 Å². The molecule has 2 aromatic rings. The number of esters is 1. The van der Waals surface area contributed by atoms with E-state index in [1.165, 1.54) is 0 Å². The summed E-state index contributed by atoms with van der Waals surface area (Å²) in [6.07, 6.45) is -0.818. The highest BCUT2D eigenvalue weighted by atomic mass is 16.5. The Morgan fingerprint density at radius 3 is 2.19 bits per heavy atom. The third-order valence-electron chi connectivity index (χ3n) is 4.60. The van der Waals surface area contributed by atoms with E-state index >= 15 is 0 Å². The number of benzene rings is 2. The molecule has 2 atom stereocenters. The lowest BCUT2D eigenvalue weighted by Gasteiger charge is -2.30. The van der Waals surface area contributed by atoms with Crippen molar-refractivity contribution in [3.8, 4) is 0 Å². The molecule has 136 valence electrons. The monoisotopic (exact) mass is 352 g/mol. The molecule has 5 heteroatoms. The molecule has 26 heavy (non-hydrogen) atoms. The van der Waals surface area contributed by atoms with Gasteiger partial charge in [-0.05, 0) is 63.1 Å². The van der Waals surface area contributed by atoms with Crippen molar-refractivity contribution in [2.45, 2.75) is 39.9 Å². The number of hydrogen-bond donors (Lipinski definition) is 0. The van der Waals surface area contributed by atoms with Gasteiger partial charge in [0.2, 0.25) is 6.17 Å². The van der Waals surface area contributed by atoms with Crippen molar-refractivity contribution >= 4 is 23.3 Å². The topological polar surface area (TPSA) is 49.9 Å². The Bertz CT molecular complexity index is 834. The van der Waals surface area contributed by atoms with Crippen LogP contribution in [0.25, 0.3) is 0 Å². The molecule has 2 unspecified atom stereocenters. The molecule has 0 aliphatic carbocycles. The average Bonchev–Trinajstić information content (AvgIpc) is 2.87. The molecule has 2 aromatic carbocycles. The Hall–Kier alpha value is -2.82. The second kappa shape index (κ2) is 7.20. The summed E-state index contributed by atoms with van der Waals surface area (Å²) in [4.78, 5) is 29.3. The second-order valence-electron chi connectivity index (χ2n) is 6.60. The fraction of sp³-hybridized carbons (Fsp3) is 0.333. The van der Waals surface area contributed by atoms with E-state index in [-0.39, 0.29) is 12.5 Å². The van der Waals surface area contributed by atoms with Crippen molar-refractivity contribution in [2.75, 3.05) is 16.4 Å². The number of nitrogens with zero attached hydrogens (tertiary/aromatic N) is 2. The Morgan fingerprint density at radius 1 is 1.04 bits per heavy atom. The summed E-state index contributed by atoms with van der Waals surface area (Å²) in [6.45, 7) is 7.81. The molecule has 0 saturated carbocycles. The Kier molecular flexibility index (Phi) is 4.98. The molecule has 1 aliphatic rings. The van der Waals surface area contributed by atoms with Crippen LogP contribution in [0.5, 0.6) is 0 Å². The molecule has 1 fully saturated rings. The number of carbonyl (C=O) groups is 2. The van der Waals surface area contributed by atoms with Crippen LogP contribution in [0.3, 0.4) is 0 Å². The van der Waals surface area contributed by atoms with E-state index in [0.29, 0.717) is 5.69 Å². The Balaban J connectivity index is 2.11. The maximum absolute atomic E-state index is 13.1. The quantitative estimate of drug-likeness (QED) is 0.791. The Labute approximate surface area is 154 Å². The number of carbonyl (C=O) groups excluding carboxylic acids is 2. The lowest BCUT2D eigenvalue weighted by atomic mass is 10.2. The van der Waals surface area contributed by atoms with Crippen molar-refractivity contribution in [1.82, 2.24) is 0 Å². The molecule has 0 N–H and O–H groups in total. The van der Waals surface area contributed by atoms with E-state index in [9.17, 15) is 9.59 Å².